The molecule has 1 aliphatic rings. The van der Waals surface area contributed by atoms with E-state index in [9.17, 15) is 18.5 Å². The van der Waals surface area contributed by atoms with E-state index in [0.29, 0.717) is 17.0 Å². The molecule has 0 spiro atoms. The molecular formula is C14H12ClN3O5S. The summed E-state index contributed by atoms with van der Waals surface area (Å²) < 4.78 is 31.8. The Bertz CT molecular complexity index is 947. The van der Waals surface area contributed by atoms with Gasteiger partial charge in [0.05, 0.1) is 23.4 Å². The lowest BCUT2D eigenvalue weighted by atomic mass is 10.1. The average molecular weight is 370 g/mol. The molecule has 0 saturated heterocycles. The highest BCUT2D eigenvalue weighted by molar-refractivity contribution is 7.93. The van der Waals surface area contributed by atoms with E-state index in [1.165, 1.54) is 20.2 Å². The molecule has 3 rings (SSSR count). The van der Waals surface area contributed by atoms with E-state index in [1.807, 2.05) is 0 Å². The molecule has 1 aliphatic heterocycles. The highest BCUT2D eigenvalue weighted by atomic mass is 35.5. The maximum absolute atomic E-state index is 12.7. The third-order valence-corrected chi connectivity index (χ3v) is 6.18. The van der Waals surface area contributed by atoms with Crippen molar-refractivity contribution in [1.82, 2.24) is 4.98 Å². The molecule has 0 amide bonds. The van der Waals surface area contributed by atoms with Crippen LogP contribution in [0.1, 0.15) is 16.5 Å². The first-order valence-electron chi connectivity index (χ1n) is 6.74. The van der Waals surface area contributed by atoms with Gasteiger partial charge in [-0.1, -0.05) is 11.6 Å². The maximum atomic E-state index is 12.7. The summed E-state index contributed by atoms with van der Waals surface area (Å²) in [5.41, 5.74) is 0.714. The molecule has 0 saturated carbocycles. The first kappa shape index (κ1) is 16.5. The van der Waals surface area contributed by atoms with Crippen molar-refractivity contribution in [3.63, 3.8) is 0 Å². The predicted molar refractivity (Wildman–Crippen MR) is 88.1 cm³/mol. The number of rotatable bonds is 3. The largest absolute Gasteiger partial charge is 0.497 e. The fourth-order valence-electron chi connectivity index (χ4n) is 2.65. The van der Waals surface area contributed by atoms with Crippen LogP contribution in [0, 0.1) is 10.1 Å². The Morgan fingerprint density at radius 1 is 1.33 bits per heavy atom. The maximum Gasteiger partial charge on any atom is 0.306 e. The number of halogens is 1. The average Bonchev–Trinajstić information content (AvgIpc) is 2.73. The number of nitro groups is 1. The Kier molecular flexibility index (Phi) is 3.84. The first-order chi connectivity index (χ1) is 11.3. The number of nitrogens with zero attached hydrogens (tertiary/aromatic N) is 3. The molecule has 2 aromatic rings. The topological polar surface area (TPSA) is 103 Å². The van der Waals surface area contributed by atoms with E-state index in [2.05, 4.69) is 4.98 Å². The number of hydrogen-bond acceptors (Lipinski definition) is 6. The van der Waals surface area contributed by atoms with Crippen LogP contribution in [0.3, 0.4) is 0 Å². The van der Waals surface area contributed by atoms with Gasteiger partial charge in [-0.15, -0.1) is 0 Å². The van der Waals surface area contributed by atoms with Crippen molar-refractivity contribution >= 4 is 33.0 Å². The van der Waals surface area contributed by atoms with Gasteiger partial charge in [-0.3, -0.25) is 14.4 Å². The van der Waals surface area contributed by atoms with Gasteiger partial charge in [-0.25, -0.2) is 13.4 Å². The van der Waals surface area contributed by atoms with Crippen molar-refractivity contribution in [2.24, 2.45) is 0 Å². The van der Waals surface area contributed by atoms with E-state index in [0.717, 1.165) is 10.4 Å². The summed E-state index contributed by atoms with van der Waals surface area (Å²) in [6.07, 6.45) is 0. The second-order valence-electron chi connectivity index (χ2n) is 5.12. The number of aromatic nitrogens is 1. The van der Waals surface area contributed by atoms with Crippen LogP contribution in [0.4, 0.5) is 11.4 Å². The monoisotopic (exact) mass is 369 g/mol. The van der Waals surface area contributed by atoms with Crippen molar-refractivity contribution in [2.75, 3.05) is 18.5 Å². The molecule has 0 fully saturated rings. The molecule has 10 heteroatoms. The zero-order valence-corrected chi connectivity index (χ0v) is 14.2. The number of benzene rings is 1. The fourth-order valence-corrected chi connectivity index (χ4v) is 4.58. The van der Waals surface area contributed by atoms with Gasteiger partial charge in [-0.05, 0) is 24.3 Å². The van der Waals surface area contributed by atoms with Gasteiger partial charge in [0.25, 0.3) is 0 Å². The Labute approximate surface area is 142 Å². The minimum atomic E-state index is -3.77. The summed E-state index contributed by atoms with van der Waals surface area (Å²) in [5.74, 6) is 0.497. The first-order valence-corrected chi connectivity index (χ1v) is 8.62. The van der Waals surface area contributed by atoms with Crippen LogP contribution < -0.4 is 9.04 Å². The summed E-state index contributed by atoms with van der Waals surface area (Å²) in [7, 11) is -0.851. The molecule has 1 unspecified atom stereocenters. The molecule has 0 radical (unpaired) electrons. The molecule has 8 nitrogen and oxygen atoms in total. The van der Waals surface area contributed by atoms with Crippen molar-refractivity contribution < 1.29 is 18.1 Å². The quantitative estimate of drug-likeness (QED) is 0.468. The van der Waals surface area contributed by atoms with Crippen LogP contribution in [0.2, 0.25) is 5.15 Å². The van der Waals surface area contributed by atoms with Gasteiger partial charge >= 0.3 is 5.69 Å². The summed E-state index contributed by atoms with van der Waals surface area (Å²) >= 11 is 5.83. The van der Waals surface area contributed by atoms with Crippen molar-refractivity contribution in [3.05, 3.63) is 56.9 Å². The van der Waals surface area contributed by atoms with Crippen LogP contribution in [0.5, 0.6) is 5.75 Å². The highest BCUT2D eigenvalue weighted by Crippen LogP contribution is 2.46. The van der Waals surface area contributed by atoms with E-state index in [1.54, 1.807) is 18.2 Å². The minimum Gasteiger partial charge on any atom is -0.497 e. The van der Waals surface area contributed by atoms with Gasteiger partial charge in [0.1, 0.15) is 11.0 Å². The lowest BCUT2D eigenvalue weighted by Gasteiger charge is -2.14. The molecule has 1 atom stereocenters. The normalized spacial score (nSPS) is 18.3. The molecule has 1 aromatic carbocycles. The number of pyridine rings is 1. The van der Waals surface area contributed by atoms with E-state index < -0.39 is 20.2 Å². The van der Waals surface area contributed by atoms with Crippen molar-refractivity contribution in [3.8, 4) is 5.75 Å². The molecule has 2 heterocycles. The summed E-state index contributed by atoms with van der Waals surface area (Å²) in [4.78, 5) is 14.1. The lowest BCUT2D eigenvalue weighted by molar-refractivity contribution is -0.385. The van der Waals surface area contributed by atoms with Crippen LogP contribution in [-0.2, 0) is 10.0 Å². The van der Waals surface area contributed by atoms with Gasteiger partial charge < -0.3 is 4.74 Å². The standard InChI is InChI=1S/C14H12ClN3O5S/c1-17-11-5-3-8(23-2)7-9(11)13(24(17,21)22)10-4-6-12(18(19)20)14(15)16-10/h3-7,13H,1-2H3. The fraction of sp³-hybridized carbons (Fsp3) is 0.214. The highest BCUT2D eigenvalue weighted by Gasteiger charge is 2.43. The Hall–Kier alpha value is -2.39. The lowest BCUT2D eigenvalue weighted by Crippen LogP contribution is -2.25. The number of sulfonamides is 1. The molecule has 126 valence electrons. The second kappa shape index (κ2) is 5.60. The molecule has 0 aliphatic carbocycles. The minimum absolute atomic E-state index is 0.115. The van der Waals surface area contributed by atoms with Crippen molar-refractivity contribution in [1.29, 1.82) is 0 Å². The smallest absolute Gasteiger partial charge is 0.306 e. The zero-order valence-electron chi connectivity index (χ0n) is 12.6. The number of methoxy groups -OCH3 is 1. The summed E-state index contributed by atoms with van der Waals surface area (Å²) in [6.45, 7) is 0. The van der Waals surface area contributed by atoms with Gasteiger partial charge in [0, 0.05) is 18.7 Å². The predicted octanol–water partition coefficient (Wildman–Crippen LogP) is 2.52. The van der Waals surface area contributed by atoms with Crippen molar-refractivity contribution in [2.45, 2.75) is 5.25 Å². The van der Waals surface area contributed by atoms with Crippen LogP contribution in [0.25, 0.3) is 0 Å². The van der Waals surface area contributed by atoms with E-state index >= 15 is 0 Å². The van der Waals surface area contributed by atoms with Crippen LogP contribution in [-0.4, -0.2) is 32.5 Å². The number of ether oxygens (including phenoxy) is 1. The molecule has 0 bridgehead atoms. The van der Waals surface area contributed by atoms with Gasteiger partial charge in [0.15, 0.2) is 0 Å². The third-order valence-electron chi connectivity index (χ3n) is 3.85. The summed E-state index contributed by atoms with van der Waals surface area (Å²) in [6, 6.07) is 7.35. The van der Waals surface area contributed by atoms with Gasteiger partial charge in [0.2, 0.25) is 15.2 Å². The van der Waals surface area contributed by atoms with Crippen LogP contribution >= 0.6 is 11.6 Å². The Morgan fingerprint density at radius 2 is 2.04 bits per heavy atom. The Balaban J connectivity index is 2.21. The zero-order chi connectivity index (χ0) is 17.6. The second-order valence-corrected chi connectivity index (χ2v) is 7.53. The Morgan fingerprint density at radius 3 is 2.62 bits per heavy atom. The molecule has 1 aromatic heterocycles. The number of fused-ring (bicyclic) bond motifs is 1. The van der Waals surface area contributed by atoms with E-state index in [-0.39, 0.29) is 16.5 Å². The molecular weight excluding hydrogens is 358 g/mol. The SMILES string of the molecule is COc1ccc2c(c1)C(c1ccc([N+](=O)[O-])c(Cl)n1)S(=O)(=O)N2C. The van der Waals surface area contributed by atoms with Crippen LogP contribution in [0.15, 0.2) is 30.3 Å². The molecule has 24 heavy (non-hydrogen) atoms. The van der Waals surface area contributed by atoms with E-state index in [4.69, 9.17) is 16.3 Å². The summed E-state index contributed by atoms with van der Waals surface area (Å²) in [5, 5.41) is 9.39. The number of hydrogen-bond donors (Lipinski definition) is 0. The third kappa shape index (κ3) is 2.36. The molecule has 0 N–H and O–H groups in total. The van der Waals surface area contributed by atoms with Gasteiger partial charge in [-0.2, -0.15) is 0 Å². The number of anilines is 1.